The lowest BCUT2D eigenvalue weighted by molar-refractivity contribution is -0.153. The molecule has 0 aliphatic heterocycles. The highest BCUT2D eigenvalue weighted by atomic mass is 16.6. The second kappa shape index (κ2) is 6.30. The number of hydrogen-bond donors (Lipinski definition) is 2. The van der Waals surface area contributed by atoms with Gasteiger partial charge in [0.2, 0.25) is 0 Å². The van der Waals surface area contributed by atoms with E-state index in [1.54, 1.807) is 0 Å². The minimum absolute atomic E-state index is 0.0885. The summed E-state index contributed by atoms with van der Waals surface area (Å²) in [4.78, 5) is 11.4. The Morgan fingerprint density at radius 1 is 1.44 bits per heavy atom. The Bertz CT molecular complexity index is 275. The molecule has 0 spiro atoms. The van der Waals surface area contributed by atoms with E-state index in [2.05, 4.69) is 5.32 Å². The molecule has 16 heavy (non-hydrogen) atoms. The van der Waals surface area contributed by atoms with E-state index in [1.807, 2.05) is 40.7 Å². The molecule has 0 fully saturated rings. The maximum absolute atomic E-state index is 11.4. The van der Waals surface area contributed by atoms with Gasteiger partial charge < -0.3 is 15.5 Å². The van der Waals surface area contributed by atoms with Crippen LogP contribution in [0.2, 0.25) is 0 Å². The molecule has 92 valence electrons. The van der Waals surface area contributed by atoms with Crippen molar-refractivity contribution in [2.24, 2.45) is 5.92 Å². The Morgan fingerprint density at radius 2 is 2.00 bits per heavy atom. The van der Waals surface area contributed by atoms with Crippen LogP contribution in [0.5, 0.6) is 0 Å². The summed E-state index contributed by atoms with van der Waals surface area (Å²) >= 11 is 0. The van der Waals surface area contributed by atoms with Gasteiger partial charge in [0.1, 0.15) is 12.1 Å². The molecule has 4 nitrogen and oxygen atoms in total. The summed E-state index contributed by atoms with van der Waals surface area (Å²) < 4.78 is 5.13. The van der Waals surface area contributed by atoms with Crippen LogP contribution >= 0.6 is 0 Å². The highest BCUT2D eigenvalue weighted by molar-refractivity contribution is 5.78. The van der Waals surface area contributed by atoms with Crippen molar-refractivity contribution in [3.63, 3.8) is 0 Å². The third-order valence-electron chi connectivity index (χ3n) is 1.53. The monoisotopic (exact) mass is 226 g/mol. The molecule has 0 bridgehead atoms. The molecule has 0 unspecified atom stereocenters. The van der Waals surface area contributed by atoms with Gasteiger partial charge in [-0.15, -0.1) is 0 Å². The second-order valence-corrected chi connectivity index (χ2v) is 4.95. The third kappa shape index (κ3) is 8.03. The highest BCUT2D eigenvalue weighted by Gasteiger charge is 2.15. The normalized spacial score (nSPS) is 12.5. The van der Waals surface area contributed by atoms with E-state index in [9.17, 15) is 4.79 Å². The summed E-state index contributed by atoms with van der Waals surface area (Å²) in [5.74, 6) is 0.0201. The first kappa shape index (κ1) is 14.7. The molecule has 0 amide bonds. The lowest BCUT2D eigenvalue weighted by atomic mass is 10.2. The Balaban J connectivity index is 4.13. The number of rotatable bonds is 5. The van der Waals surface area contributed by atoms with Gasteiger partial charge in [-0.05, 0) is 26.7 Å². The van der Waals surface area contributed by atoms with Crippen LogP contribution in [0.4, 0.5) is 0 Å². The standard InChI is InChI=1S/C12H22N2O2/c1-9(2)6-10(7-13)14-8-11(15)16-12(3,4)5/h6-7,9,13-14H,8H2,1-5H3/b10-6-,13-7?. The van der Waals surface area contributed by atoms with Crippen LogP contribution < -0.4 is 5.32 Å². The Kier molecular flexibility index (Phi) is 5.78. The largest absolute Gasteiger partial charge is 0.459 e. The molecule has 0 aromatic carbocycles. The molecule has 0 rings (SSSR count). The van der Waals surface area contributed by atoms with Crippen molar-refractivity contribution in [2.45, 2.75) is 40.2 Å². The Morgan fingerprint density at radius 3 is 2.38 bits per heavy atom. The van der Waals surface area contributed by atoms with Gasteiger partial charge in [-0.1, -0.05) is 19.9 Å². The van der Waals surface area contributed by atoms with Crippen LogP contribution in [0.3, 0.4) is 0 Å². The molecule has 0 aliphatic carbocycles. The average molecular weight is 226 g/mol. The number of carbonyl (C=O) groups is 1. The van der Waals surface area contributed by atoms with Gasteiger partial charge in [0.15, 0.2) is 0 Å². The van der Waals surface area contributed by atoms with Crippen molar-refractivity contribution >= 4 is 12.2 Å². The van der Waals surface area contributed by atoms with E-state index < -0.39 is 5.60 Å². The van der Waals surface area contributed by atoms with Crippen molar-refractivity contribution in [2.75, 3.05) is 6.54 Å². The van der Waals surface area contributed by atoms with Crippen LogP contribution in [0.25, 0.3) is 0 Å². The highest BCUT2D eigenvalue weighted by Crippen LogP contribution is 2.06. The van der Waals surface area contributed by atoms with E-state index in [0.717, 1.165) is 0 Å². The van der Waals surface area contributed by atoms with Gasteiger partial charge in [-0.25, -0.2) is 0 Å². The number of ether oxygens (including phenoxy) is 1. The fourth-order valence-electron chi connectivity index (χ4n) is 1.07. The van der Waals surface area contributed by atoms with Crippen LogP contribution in [0.1, 0.15) is 34.6 Å². The summed E-state index contributed by atoms with van der Waals surface area (Å²) in [5, 5.41) is 10.0. The smallest absolute Gasteiger partial charge is 0.325 e. The summed E-state index contributed by atoms with van der Waals surface area (Å²) in [7, 11) is 0. The van der Waals surface area contributed by atoms with Crippen molar-refractivity contribution in [3.8, 4) is 0 Å². The van der Waals surface area contributed by atoms with Gasteiger partial charge in [-0.3, -0.25) is 4.79 Å². The summed E-state index contributed by atoms with van der Waals surface area (Å²) in [6, 6.07) is 0. The van der Waals surface area contributed by atoms with E-state index in [4.69, 9.17) is 10.1 Å². The quantitative estimate of drug-likeness (QED) is 0.557. The molecule has 0 aromatic rings. The lowest BCUT2D eigenvalue weighted by Crippen LogP contribution is -2.31. The molecule has 0 radical (unpaired) electrons. The first-order valence-electron chi connectivity index (χ1n) is 5.42. The molecule has 0 aliphatic rings. The third-order valence-corrected chi connectivity index (χ3v) is 1.53. The van der Waals surface area contributed by atoms with Crippen LogP contribution in [-0.2, 0) is 9.53 Å². The molecule has 4 heteroatoms. The zero-order valence-electron chi connectivity index (χ0n) is 10.8. The molecule has 0 heterocycles. The fourth-order valence-corrected chi connectivity index (χ4v) is 1.07. The number of allylic oxidation sites excluding steroid dienone is 2. The van der Waals surface area contributed by atoms with Crippen LogP contribution in [0, 0.1) is 11.3 Å². The van der Waals surface area contributed by atoms with E-state index in [1.165, 1.54) is 6.21 Å². The van der Waals surface area contributed by atoms with Gasteiger partial charge in [0.25, 0.3) is 0 Å². The van der Waals surface area contributed by atoms with E-state index in [0.29, 0.717) is 11.6 Å². The molecule has 2 N–H and O–H groups in total. The first-order chi connectivity index (χ1) is 7.24. The summed E-state index contributed by atoms with van der Waals surface area (Å²) in [5.41, 5.74) is 0.173. The maximum atomic E-state index is 11.4. The molecule has 0 atom stereocenters. The van der Waals surface area contributed by atoms with E-state index in [-0.39, 0.29) is 12.5 Å². The van der Waals surface area contributed by atoms with Crippen LogP contribution in [-0.4, -0.2) is 24.3 Å². The first-order valence-corrected chi connectivity index (χ1v) is 5.42. The van der Waals surface area contributed by atoms with Gasteiger partial charge in [-0.2, -0.15) is 0 Å². The second-order valence-electron chi connectivity index (χ2n) is 4.95. The zero-order valence-corrected chi connectivity index (χ0v) is 10.8. The Hall–Kier alpha value is -1.32. The number of carbonyl (C=O) groups excluding carboxylic acids is 1. The molecule has 0 saturated carbocycles. The zero-order chi connectivity index (χ0) is 12.8. The number of esters is 1. The number of hydrogen-bond acceptors (Lipinski definition) is 4. The average Bonchev–Trinajstić information content (AvgIpc) is 2.08. The minimum atomic E-state index is -0.467. The van der Waals surface area contributed by atoms with Crippen molar-refractivity contribution in [1.82, 2.24) is 5.32 Å². The Labute approximate surface area is 97.6 Å². The van der Waals surface area contributed by atoms with Gasteiger partial charge in [0, 0.05) is 11.9 Å². The molecule has 0 aromatic heterocycles. The predicted octanol–water partition coefficient (Wildman–Crippen LogP) is 2.11. The lowest BCUT2D eigenvalue weighted by Gasteiger charge is -2.19. The van der Waals surface area contributed by atoms with Gasteiger partial charge in [0.05, 0.1) is 0 Å². The minimum Gasteiger partial charge on any atom is -0.459 e. The number of nitrogens with one attached hydrogen (secondary N) is 2. The molecular formula is C12H22N2O2. The van der Waals surface area contributed by atoms with Gasteiger partial charge >= 0.3 is 5.97 Å². The van der Waals surface area contributed by atoms with Crippen LogP contribution in [0.15, 0.2) is 11.8 Å². The SMILES string of the molecule is CC(C)/C=C(/C=N)NCC(=O)OC(C)(C)C. The van der Waals surface area contributed by atoms with E-state index >= 15 is 0 Å². The fraction of sp³-hybridized carbons (Fsp3) is 0.667. The molecule has 0 saturated heterocycles. The topological polar surface area (TPSA) is 62.2 Å². The summed E-state index contributed by atoms with van der Waals surface area (Å²) in [6.07, 6.45) is 3.09. The predicted molar refractivity (Wildman–Crippen MR) is 65.6 cm³/mol. The van der Waals surface area contributed by atoms with Crippen molar-refractivity contribution < 1.29 is 9.53 Å². The van der Waals surface area contributed by atoms with Crippen molar-refractivity contribution in [1.29, 1.82) is 5.41 Å². The molecular weight excluding hydrogens is 204 g/mol. The summed E-state index contributed by atoms with van der Waals surface area (Å²) in [6.45, 7) is 9.59. The maximum Gasteiger partial charge on any atom is 0.325 e. The van der Waals surface area contributed by atoms with Crippen molar-refractivity contribution in [3.05, 3.63) is 11.8 Å².